The highest BCUT2D eigenvalue weighted by molar-refractivity contribution is 7.15. The monoisotopic (exact) mass is 461 g/mol. The Morgan fingerprint density at radius 1 is 1.38 bits per heavy atom. The number of ether oxygens (including phenoxy) is 2. The first-order valence-electron chi connectivity index (χ1n) is 9.96. The molecule has 1 aromatic carbocycles. The second-order valence-corrected chi connectivity index (χ2v) is 7.98. The second-order valence-electron chi connectivity index (χ2n) is 7.10. The van der Waals surface area contributed by atoms with Crippen LogP contribution in [-0.4, -0.2) is 61.0 Å². The lowest BCUT2D eigenvalue weighted by molar-refractivity contribution is -0.384. The number of esters is 1. The highest BCUT2D eigenvalue weighted by atomic mass is 32.1. The topological polar surface area (TPSA) is 128 Å². The van der Waals surface area contributed by atoms with Crippen LogP contribution in [0.1, 0.15) is 23.7 Å². The van der Waals surface area contributed by atoms with Crippen molar-refractivity contribution in [2.75, 3.05) is 38.7 Å². The molecule has 2 amide bonds. The van der Waals surface area contributed by atoms with Crippen LogP contribution < -0.4 is 5.32 Å². The molecule has 0 saturated carbocycles. The zero-order valence-electron chi connectivity index (χ0n) is 17.7. The van der Waals surface area contributed by atoms with Gasteiger partial charge in [-0.15, -0.1) is 11.3 Å². The number of rotatable bonds is 9. The Labute approximate surface area is 188 Å². The summed E-state index contributed by atoms with van der Waals surface area (Å²) in [5, 5.41) is 15.8. The summed E-state index contributed by atoms with van der Waals surface area (Å²) in [5.74, 6) is -1.71. The van der Waals surface area contributed by atoms with E-state index >= 15 is 0 Å². The van der Waals surface area contributed by atoms with E-state index in [-0.39, 0.29) is 47.6 Å². The number of nitro benzene ring substituents is 1. The van der Waals surface area contributed by atoms with Crippen molar-refractivity contribution >= 4 is 39.8 Å². The molecule has 170 valence electrons. The van der Waals surface area contributed by atoms with Crippen LogP contribution in [0.3, 0.4) is 0 Å². The van der Waals surface area contributed by atoms with Crippen LogP contribution in [0.2, 0.25) is 0 Å². The van der Waals surface area contributed by atoms with Gasteiger partial charge in [-0.25, -0.2) is 4.79 Å². The number of hydrogen-bond donors (Lipinski definition) is 1. The van der Waals surface area contributed by atoms with Gasteiger partial charge in [-0.1, -0.05) is 12.1 Å². The minimum absolute atomic E-state index is 0.0768. The zero-order valence-corrected chi connectivity index (χ0v) is 18.5. The highest BCUT2D eigenvalue weighted by Gasteiger charge is 2.35. The molecule has 0 aliphatic carbocycles. The van der Waals surface area contributed by atoms with Crippen molar-refractivity contribution < 1.29 is 28.8 Å². The minimum Gasteiger partial charge on any atom is -0.462 e. The highest BCUT2D eigenvalue weighted by Crippen LogP contribution is 2.37. The van der Waals surface area contributed by atoms with Crippen molar-refractivity contribution in [2.45, 2.75) is 13.3 Å². The van der Waals surface area contributed by atoms with Gasteiger partial charge in [0.15, 0.2) is 0 Å². The first-order chi connectivity index (χ1) is 15.3. The Bertz CT molecular complexity index is 1040. The van der Waals surface area contributed by atoms with Gasteiger partial charge >= 0.3 is 5.97 Å². The predicted molar refractivity (Wildman–Crippen MR) is 118 cm³/mol. The molecule has 2 aromatic rings. The van der Waals surface area contributed by atoms with E-state index in [9.17, 15) is 24.5 Å². The first-order valence-corrected chi connectivity index (χ1v) is 10.8. The summed E-state index contributed by atoms with van der Waals surface area (Å²) in [7, 11) is 1.54. The number of hydrogen-bond acceptors (Lipinski definition) is 8. The number of carbonyl (C=O) groups is 3. The molecule has 1 unspecified atom stereocenters. The molecule has 32 heavy (non-hydrogen) atoms. The maximum Gasteiger partial charge on any atom is 0.341 e. The van der Waals surface area contributed by atoms with Gasteiger partial charge in [0.1, 0.15) is 10.6 Å². The van der Waals surface area contributed by atoms with Gasteiger partial charge < -0.3 is 19.7 Å². The van der Waals surface area contributed by atoms with E-state index in [2.05, 4.69) is 5.32 Å². The summed E-state index contributed by atoms with van der Waals surface area (Å²) in [5.41, 5.74) is 0.901. The lowest BCUT2D eigenvalue weighted by Gasteiger charge is -2.16. The van der Waals surface area contributed by atoms with Crippen molar-refractivity contribution in [2.24, 2.45) is 5.92 Å². The van der Waals surface area contributed by atoms with E-state index in [4.69, 9.17) is 9.47 Å². The summed E-state index contributed by atoms with van der Waals surface area (Å²) in [4.78, 5) is 49.9. The summed E-state index contributed by atoms with van der Waals surface area (Å²) in [6.45, 7) is 2.84. The van der Waals surface area contributed by atoms with Gasteiger partial charge in [-0.3, -0.25) is 19.7 Å². The maximum atomic E-state index is 12.8. The molecule has 1 fully saturated rings. The first kappa shape index (κ1) is 23.4. The van der Waals surface area contributed by atoms with Crippen LogP contribution in [0.4, 0.5) is 10.7 Å². The lowest BCUT2D eigenvalue weighted by Crippen LogP contribution is -2.30. The van der Waals surface area contributed by atoms with Crippen molar-refractivity contribution in [1.82, 2.24) is 4.90 Å². The molecule has 2 heterocycles. The van der Waals surface area contributed by atoms with Crippen molar-refractivity contribution in [3.05, 3.63) is 45.3 Å². The number of methoxy groups -OCH3 is 1. The Morgan fingerprint density at radius 3 is 2.84 bits per heavy atom. The average Bonchev–Trinajstić information content (AvgIpc) is 3.36. The van der Waals surface area contributed by atoms with Crippen molar-refractivity contribution in [3.63, 3.8) is 0 Å². The third-order valence-corrected chi connectivity index (χ3v) is 5.92. The van der Waals surface area contributed by atoms with Gasteiger partial charge in [0.2, 0.25) is 11.8 Å². The molecule has 11 heteroatoms. The molecule has 3 rings (SSSR count). The van der Waals surface area contributed by atoms with Crippen molar-refractivity contribution in [3.8, 4) is 11.1 Å². The molecular weight excluding hydrogens is 438 g/mol. The number of amides is 2. The predicted octanol–water partition coefficient (Wildman–Crippen LogP) is 2.93. The van der Waals surface area contributed by atoms with E-state index in [0.717, 1.165) is 11.3 Å². The molecule has 0 spiro atoms. The molecule has 1 saturated heterocycles. The normalized spacial score (nSPS) is 15.6. The summed E-state index contributed by atoms with van der Waals surface area (Å²) >= 11 is 1.12. The molecule has 1 aliphatic heterocycles. The van der Waals surface area contributed by atoms with Gasteiger partial charge in [0.25, 0.3) is 5.69 Å². The fraction of sp³-hybridized carbons (Fsp3) is 0.381. The molecular formula is C21H23N3O7S. The van der Waals surface area contributed by atoms with E-state index < -0.39 is 16.8 Å². The van der Waals surface area contributed by atoms with Crippen LogP contribution in [0, 0.1) is 16.0 Å². The van der Waals surface area contributed by atoms with Gasteiger partial charge in [-0.2, -0.15) is 0 Å². The minimum atomic E-state index is -0.644. The average molecular weight is 461 g/mol. The zero-order chi connectivity index (χ0) is 23.3. The SMILES string of the molecule is CCOC(=O)c1c(-c2cccc([N+](=O)[O-])c2)csc1NC(=O)C1CC(=O)N(CCOC)C1. The number of carbonyl (C=O) groups excluding carboxylic acids is 3. The summed E-state index contributed by atoms with van der Waals surface area (Å²) in [6.07, 6.45) is 0.0768. The smallest absolute Gasteiger partial charge is 0.341 e. The van der Waals surface area contributed by atoms with Crippen LogP contribution in [0.5, 0.6) is 0 Å². The lowest BCUT2D eigenvalue weighted by atomic mass is 10.0. The number of likely N-dealkylation sites (tertiary alicyclic amines) is 1. The fourth-order valence-corrected chi connectivity index (χ4v) is 4.39. The summed E-state index contributed by atoms with van der Waals surface area (Å²) < 4.78 is 10.1. The van der Waals surface area contributed by atoms with Crippen LogP contribution in [0.25, 0.3) is 11.1 Å². The molecule has 10 nitrogen and oxygen atoms in total. The quantitative estimate of drug-likeness (QED) is 0.345. The Balaban J connectivity index is 1.86. The molecule has 0 bridgehead atoms. The van der Waals surface area contributed by atoms with Gasteiger partial charge in [0.05, 0.1) is 24.1 Å². The van der Waals surface area contributed by atoms with Crippen LogP contribution in [0.15, 0.2) is 29.6 Å². The van der Waals surface area contributed by atoms with E-state index in [0.29, 0.717) is 24.3 Å². The van der Waals surface area contributed by atoms with E-state index in [1.807, 2.05) is 0 Å². The molecule has 1 aromatic heterocycles. The number of benzene rings is 1. The fourth-order valence-electron chi connectivity index (χ4n) is 3.43. The molecule has 0 radical (unpaired) electrons. The third-order valence-electron chi connectivity index (χ3n) is 5.03. The number of anilines is 1. The molecule has 1 atom stereocenters. The molecule has 1 N–H and O–H groups in total. The number of nitro groups is 1. The number of thiophene rings is 1. The third kappa shape index (κ3) is 5.11. The summed E-state index contributed by atoms with van der Waals surface area (Å²) in [6, 6.07) is 5.89. The largest absolute Gasteiger partial charge is 0.462 e. The number of nitrogens with one attached hydrogen (secondary N) is 1. The number of nitrogens with zero attached hydrogens (tertiary/aromatic N) is 2. The molecule has 1 aliphatic rings. The number of non-ortho nitro benzene ring substituents is 1. The Morgan fingerprint density at radius 2 is 2.16 bits per heavy atom. The Hall–Kier alpha value is -3.31. The van der Waals surface area contributed by atoms with Gasteiger partial charge in [-0.05, 0) is 12.5 Å². The van der Waals surface area contributed by atoms with Gasteiger partial charge in [0, 0.05) is 49.7 Å². The second kappa shape index (κ2) is 10.3. The van der Waals surface area contributed by atoms with Crippen LogP contribution >= 0.6 is 11.3 Å². The van der Waals surface area contributed by atoms with Crippen molar-refractivity contribution in [1.29, 1.82) is 0 Å². The van der Waals surface area contributed by atoms with E-state index in [1.165, 1.54) is 25.3 Å². The maximum absolute atomic E-state index is 12.8. The van der Waals surface area contributed by atoms with Crippen LogP contribution in [-0.2, 0) is 19.1 Å². The van der Waals surface area contributed by atoms with E-state index in [1.54, 1.807) is 23.3 Å². The standard InChI is InChI=1S/C21H23N3O7S/c1-3-31-21(27)18-16(13-5-4-6-15(9-13)24(28)29)12-32-20(18)22-19(26)14-10-17(25)23(11-14)7-8-30-2/h4-6,9,12,14H,3,7-8,10-11H2,1-2H3,(H,22,26). The Kier molecular flexibility index (Phi) is 7.54.